The number of carboxylic acids is 1. The topological polar surface area (TPSA) is 82.5 Å². The number of carboxylic acid groups (broad SMARTS) is 1. The number of rotatable bonds is 5. The van der Waals surface area contributed by atoms with Gasteiger partial charge in [-0.05, 0) is 11.6 Å². The molecule has 0 atom stereocenters. The normalized spacial score (nSPS) is 10.1. The van der Waals surface area contributed by atoms with Crippen LogP contribution in [0.2, 0.25) is 0 Å². The average molecular weight is 299 g/mol. The largest absolute Gasteiger partial charge is 0.478 e. The van der Waals surface area contributed by atoms with Crippen LogP contribution in [0.15, 0.2) is 42.6 Å². The summed E-state index contributed by atoms with van der Waals surface area (Å²) in [5, 5.41) is 11.9. The van der Waals surface area contributed by atoms with Crippen LogP contribution in [0.1, 0.15) is 22.8 Å². The number of hydrogen-bond donors (Lipinski definition) is 2. The standard InChI is InChI=1S/C16H17N3O3/c1-11(20)18-13-8-14(16(21)22)15(17-9-13)19(2)10-12-6-4-3-5-7-12/h3-9H,10H2,1-2H3,(H,18,20)(H,21,22). The molecule has 6 heteroatoms. The van der Waals surface area contributed by atoms with Gasteiger partial charge in [-0.2, -0.15) is 0 Å². The molecule has 114 valence electrons. The van der Waals surface area contributed by atoms with Crippen molar-refractivity contribution < 1.29 is 14.7 Å². The van der Waals surface area contributed by atoms with Gasteiger partial charge < -0.3 is 15.3 Å². The van der Waals surface area contributed by atoms with Crippen LogP contribution in [0.5, 0.6) is 0 Å². The molecule has 22 heavy (non-hydrogen) atoms. The Bertz CT molecular complexity index is 686. The lowest BCUT2D eigenvalue weighted by atomic mass is 10.2. The first-order chi connectivity index (χ1) is 10.5. The molecule has 0 saturated carbocycles. The van der Waals surface area contributed by atoms with E-state index in [4.69, 9.17) is 0 Å². The summed E-state index contributed by atoms with van der Waals surface area (Å²) in [4.78, 5) is 28.4. The molecule has 0 aliphatic rings. The Hall–Kier alpha value is -2.89. The Morgan fingerprint density at radius 1 is 1.27 bits per heavy atom. The van der Waals surface area contributed by atoms with E-state index < -0.39 is 5.97 Å². The van der Waals surface area contributed by atoms with Gasteiger partial charge >= 0.3 is 5.97 Å². The van der Waals surface area contributed by atoms with Gasteiger partial charge in [0.15, 0.2) is 0 Å². The number of anilines is 2. The predicted octanol–water partition coefficient (Wildman–Crippen LogP) is 2.37. The minimum absolute atomic E-state index is 0.0460. The maximum absolute atomic E-state index is 11.4. The molecular formula is C16H17N3O3. The van der Waals surface area contributed by atoms with Gasteiger partial charge in [-0.3, -0.25) is 4.79 Å². The van der Waals surface area contributed by atoms with Crippen molar-refractivity contribution in [1.82, 2.24) is 4.98 Å². The fourth-order valence-corrected chi connectivity index (χ4v) is 2.12. The van der Waals surface area contributed by atoms with Crippen LogP contribution in [-0.2, 0) is 11.3 Å². The van der Waals surface area contributed by atoms with Gasteiger partial charge in [-0.15, -0.1) is 0 Å². The Morgan fingerprint density at radius 3 is 2.55 bits per heavy atom. The van der Waals surface area contributed by atoms with E-state index in [1.807, 2.05) is 30.3 Å². The quantitative estimate of drug-likeness (QED) is 0.885. The highest BCUT2D eigenvalue weighted by Crippen LogP contribution is 2.22. The molecule has 2 N–H and O–H groups in total. The van der Waals surface area contributed by atoms with Crippen molar-refractivity contribution in [3.8, 4) is 0 Å². The molecule has 2 rings (SSSR count). The van der Waals surface area contributed by atoms with Crippen LogP contribution < -0.4 is 10.2 Å². The Balaban J connectivity index is 2.29. The van der Waals surface area contributed by atoms with Crippen LogP contribution >= 0.6 is 0 Å². The number of pyridine rings is 1. The molecule has 0 unspecified atom stereocenters. The maximum Gasteiger partial charge on any atom is 0.339 e. The Morgan fingerprint density at radius 2 is 1.95 bits per heavy atom. The second kappa shape index (κ2) is 6.71. The third kappa shape index (κ3) is 3.82. The lowest BCUT2D eigenvalue weighted by molar-refractivity contribution is -0.114. The Kier molecular flexibility index (Phi) is 4.73. The number of amides is 1. The summed E-state index contributed by atoms with van der Waals surface area (Å²) in [6, 6.07) is 11.1. The van der Waals surface area contributed by atoms with Crippen molar-refractivity contribution in [2.45, 2.75) is 13.5 Å². The van der Waals surface area contributed by atoms with Gasteiger partial charge in [0.2, 0.25) is 5.91 Å². The van der Waals surface area contributed by atoms with E-state index in [0.717, 1.165) is 5.56 Å². The minimum atomic E-state index is -1.09. The Labute approximate surface area is 128 Å². The number of aromatic nitrogens is 1. The number of hydrogen-bond acceptors (Lipinski definition) is 4. The number of nitrogens with one attached hydrogen (secondary N) is 1. The molecule has 2 aromatic rings. The average Bonchev–Trinajstić information content (AvgIpc) is 2.47. The van der Waals surface area contributed by atoms with Crippen molar-refractivity contribution in [3.63, 3.8) is 0 Å². The monoisotopic (exact) mass is 299 g/mol. The van der Waals surface area contributed by atoms with E-state index in [1.54, 1.807) is 11.9 Å². The van der Waals surface area contributed by atoms with Gasteiger partial charge in [0, 0.05) is 20.5 Å². The number of aromatic carboxylic acids is 1. The predicted molar refractivity (Wildman–Crippen MR) is 84.0 cm³/mol. The fraction of sp³-hybridized carbons (Fsp3) is 0.188. The summed E-state index contributed by atoms with van der Waals surface area (Å²) in [6.07, 6.45) is 1.45. The van der Waals surface area contributed by atoms with Gasteiger partial charge in [0.05, 0.1) is 11.9 Å². The second-order valence-corrected chi connectivity index (χ2v) is 4.92. The van der Waals surface area contributed by atoms with E-state index in [9.17, 15) is 14.7 Å². The third-order valence-electron chi connectivity index (χ3n) is 3.04. The maximum atomic E-state index is 11.4. The van der Waals surface area contributed by atoms with Crippen molar-refractivity contribution in [2.24, 2.45) is 0 Å². The number of benzene rings is 1. The fourth-order valence-electron chi connectivity index (χ4n) is 2.12. The van der Waals surface area contributed by atoms with Crippen LogP contribution in [0.3, 0.4) is 0 Å². The molecule has 0 aliphatic heterocycles. The van der Waals surface area contributed by atoms with E-state index in [1.165, 1.54) is 19.2 Å². The number of carbonyl (C=O) groups excluding carboxylic acids is 1. The summed E-state index contributed by atoms with van der Waals surface area (Å²) >= 11 is 0. The van der Waals surface area contributed by atoms with Crippen LogP contribution in [0, 0.1) is 0 Å². The molecule has 1 heterocycles. The molecule has 0 spiro atoms. The molecule has 0 bridgehead atoms. The minimum Gasteiger partial charge on any atom is -0.478 e. The highest BCUT2D eigenvalue weighted by molar-refractivity contribution is 5.96. The first-order valence-corrected chi connectivity index (χ1v) is 6.73. The summed E-state index contributed by atoms with van der Waals surface area (Å²) in [6.45, 7) is 1.89. The van der Waals surface area contributed by atoms with Gasteiger partial charge in [0.25, 0.3) is 0 Å². The number of nitrogens with zero attached hydrogens (tertiary/aromatic N) is 2. The van der Waals surface area contributed by atoms with Crippen LogP contribution in [-0.4, -0.2) is 29.0 Å². The zero-order chi connectivity index (χ0) is 16.1. The summed E-state index contributed by atoms with van der Waals surface area (Å²) in [5.41, 5.74) is 1.46. The van der Waals surface area contributed by atoms with E-state index in [2.05, 4.69) is 10.3 Å². The lowest BCUT2D eigenvalue weighted by Gasteiger charge is -2.20. The van der Waals surface area contributed by atoms with Crippen molar-refractivity contribution in [3.05, 3.63) is 53.7 Å². The van der Waals surface area contributed by atoms with Gasteiger partial charge in [0.1, 0.15) is 11.4 Å². The molecule has 1 aromatic heterocycles. The van der Waals surface area contributed by atoms with Crippen LogP contribution in [0.25, 0.3) is 0 Å². The summed E-state index contributed by atoms with van der Waals surface area (Å²) in [5.74, 6) is -1.01. The number of carbonyl (C=O) groups is 2. The van der Waals surface area contributed by atoms with E-state index in [0.29, 0.717) is 18.1 Å². The van der Waals surface area contributed by atoms with Crippen molar-refractivity contribution in [1.29, 1.82) is 0 Å². The molecule has 6 nitrogen and oxygen atoms in total. The summed E-state index contributed by atoms with van der Waals surface area (Å²) in [7, 11) is 1.78. The molecule has 0 aliphatic carbocycles. The zero-order valence-electron chi connectivity index (χ0n) is 12.4. The molecule has 0 saturated heterocycles. The lowest BCUT2D eigenvalue weighted by Crippen LogP contribution is -2.21. The highest BCUT2D eigenvalue weighted by atomic mass is 16.4. The molecule has 0 radical (unpaired) electrons. The SMILES string of the molecule is CC(=O)Nc1cnc(N(C)Cc2ccccc2)c(C(=O)O)c1. The van der Waals surface area contributed by atoms with Gasteiger partial charge in [-0.25, -0.2) is 9.78 Å². The first-order valence-electron chi connectivity index (χ1n) is 6.73. The van der Waals surface area contributed by atoms with Crippen LogP contribution in [0.4, 0.5) is 11.5 Å². The first kappa shape index (κ1) is 15.5. The smallest absolute Gasteiger partial charge is 0.339 e. The molecular weight excluding hydrogens is 282 g/mol. The summed E-state index contributed by atoms with van der Waals surface area (Å²) < 4.78 is 0. The van der Waals surface area contributed by atoms with Crippen molar-refractivity contribution in [2.75, 3.05) is 17.3 Å². The molecule has 1 amide bonds. The van der Waals surface area contributed by atoms with E-state index >= 15 is 0 Å². The molecule has 1 aromatic carbocycles. The van der Waals surface area contributed by atoms with Gasteiger partial charge in [-0.1, -0.05) is 30.3 Å². The second-order valence-electron chi connectivity index (χ2n) is 4.92. The van der Waals surface area contributed by atoms with Crippen molar-refractivity contribution >= 4 is 23.4 Å². The zero-order valence-corrected chi connectivity index (χ0v) is 12.4. The van der Waals surface area contributed by atoms with E-state index in [-0.39, 0.29) is 11.5 Å². The third-order valence-corrected chi connectivity index (χ3v) is 3.04. The molecule has 0 fully saturated rings. The highest BCUT2D eigenvalue weighted by Gasteiger charge is 2.16.